The van der Waals surface area contributed by atoms with Crippen molar-refractivity contribution in [2.75, 3.05) is 0 Å². The second-order valence-electron chi connectivity index (χ2n) is 3.78. The van der Waals surface area contributed by atoms with Gasteiger partial charge in [0.25, 0.3) is 0 Å². The Morgan fingerprint density at radius 2 is 0.840 bits per heavy atom. The minimum Gasteiger partial charge on any atom is -0.549 e. The zero-order chi connectivity index (χ0) is 17.9. The van der Waals surface area contributed by atoms with Crippen LogP contribution in [-0.2, 0) is 30.9 Å². The first kappa shape index (κ1) is 25.2. The Morgan fingerprint density at radius 1 is 0.600 bits per heavy atom. The molecule has 0 N–H and O–H groups in total. The van der Waals surface area contributed by atoms with Crippen LogP contribution in [0.4, 0.5) is 0 Å². The average Bonchev–Trinajstić information content (AvgIpc) is 3.29. The van der Waals surface area contributed by atoms with Crippen LogP contribution in [0.1, 0.15) is 0 Å². The quantitative estimate of drug-likeness (QED) is 0.384. The Balaban J connectivity index is 0.000000339. The van der Waals surface area contributed by atoms with Crippen LogP contribution in [-0.4, -0.2) is 33.7 Å². The molecule has 0 amide bonds. The molecular weight excluding hydrogens is 491 g/mol. The van der Waals surface area contributed by atoms with Gasteiger partial charge < -0.3 is 29.7 Å². The predicted octanol–water partition coefficient (Wildman–Crippen LogP) is 0.0383. The minimum atomic E-state index is -1.00. The molecule has 13 heteroatoms. The summed E-state index contributed by atoms with van der Waals surface area (Å²) in [5, 5.41) is 34.0. The molecule has 3 heterocycles. The second kappa shape index (κ2) is 14.3. The van der Waals surface area contributed by atoms with E-state index < -0.39 is 33.7 Å². The molecule has 0 aliphatic carbocycles. The van der Waals surface area contributed by atoms with Crippen molar-refractivity contribution in [2.24, 2.45) is 0 Å². The van der Waals surface area contributed by atoms with Crippen molar-refractivity contribution in [1.82, 2.24) is 0 Å². The molecule has 139 valence electrons. The van der Waals surface area contributed by atoms with Crippen LogP contribution in [0.15, 0.2) is 34.5 Å². The van der Waals surface area contributed by atoms with E-state index >= 15 is 0 Å². The minimum absolute atomic E-state index is 0. The number of rotatable bonds is 3. The molecule has 3 atom stereocenters. The first-order chi connectivity index (χ1) is 11.4. The zero-order valence-electron chi connectivity index (χ0n) is 11.9. The molecule has 0 aromatic rings. The van der Waals surface area contributed by atoms with Crippen LogP contribution in [0.5, 0.6) is 0 Å². The largest absolute Gasteiger partial charge is 3.00 e. The van der Waals surface area contributed by atoms with Gasteiger partial charge >= 0.3 is 16.5 Å². The third-order valence-corrected chi connectivity index (χ3v) is 8.78. The number of carbonyl (C=O) groups is 3. The van der Waals surface area contributed by atoms with Gasteiger partial charge in [-0.25, -0.2) is 0 Å². The van der Waals surface area contributed by atoms with Gasteiger partial charge in [0.1, 0.15) is 0 Å². The third-order valence-electron chi connectivity index (χ3n) is 2.10. The maximum absolute atomic E-state index is 10.0. The van der Waals surface area contributed by atoms with Gasteiger partial charge in [-0.05, 0) is 16.2 Å². The standard InChI is InChI=1S/3C4H4O2S2.Ni/c3*5-4(6)3-1-2-7-8-3;/h3*1-3H,(H,5,6);/q;;;+3/p-3. The first-order valence-electron chi connectivity index (χ1n) is 6.00. The van der Waals surface area contributed by atoms with E-state index in [1.165, 1.54) is 64.8 Å². The molecule has 0 aromatic heterocycles. The van der Waals surface area contributed by atoms with Crippen LogP contribution < -0.4 is 15.3 Å². The van der Waals surface area contributed by atoms with Gasteiger partial charge in [-0.15, -0.1) is 0 Å². The average molecular weight is 500 g/mol. The summed E-state index contributed by atoms with van der Waals surface area (Å²) in [4.78, 5) is 30.0. The third kappa shape index (κ3) is 10.8. The van der Waals surface area contributed by atoms with E-state index in [1.54, 1.807) is 34.5 Å². The van der Waals surface area contributed by atoms with Gasteiger partial charge in [-0.1, -0.05) is 83.0 Å². The van der Waals surface area contributed by atoms with Crippen molar-refractivity contribution in [1.29, 1.82) is 0 Å². The number of carboxylic acids is 3. The van der Waals surface area contributed by atoms with E-state index in [-0.39, 0.29) is 16.5 Å². The number of hydrogen-bond donors (Lipinski definition) is 0. The fourth-order valence-electron chi connectivity index (χ4n) is 1.04. The predicted molar refractivity (Wildman–Crippen MR) is 99.4 cm³/mol. The van der Waals surface area contributed by atoms with E-state index in [4.69, 9.17) is 0 Å². The Labute approximate surface area is 178 Å². The van der Waals surface area contributed by atoms with Crippen molar-refractivity contribution in [3.05, 3.63) is 34.5 Å². The molecule has 0 spiro atoms. The number of carbonyl (C=O) groups excluding carboxylic acids is 3. The monoisotopic (exact) mass is 499 g/mol. The summed E-state index contributed by atoms with van der Waals surface area (Å²) >= 11 is 0. The fraction of sp³-hybridized carbons (Fsp3) is 0.250. The SMILES string of the molecule is O=C([O-])C1C=CSS1.O=C([O-])C1C=CSS1.O=C([O-])C1C=CSS1.[Ni+3]. The first-order valence-corrected chi connectivity index (χ1v) is 12.8. The van der Waals surface area contributed by atoms with Gasteiger partial charge in [0, 0.05) is 0 Å². The number of aliphatic carboxylic acids is 3. The Morgan fingerprint density at radius 3 is 0.920 bits per heavy atom. The van der Waals surface area contributed by atoms with Gasteiger partial charge in [0.2, 0.25) is 0 Å². The van der Waals surface area contributed by atoms with Crippen molar-refractivity contribution in [3.8, 4) is 0 Å². The maximum atomic E-state index is 10.0. The second-order valence-corrected chi connectivity index (χ2v) is 10.7. The maximum Gasteiger partial charge on any atom is 3.00 e. The summed E-state index contributed by atoms with van der Waals surface area (Å²) in [6.45, 7) is 0. The van der Waals surface area contributed by atoms with Gasteiger partial charge in [-0.2, -0.15) is 0 Å². The summed E-state index contributed by atoms with van der Waals surface area (Å²) in [5.74, 6) is -3.01. The molecule has 6 nitrogen and oxygen atoms in total. The molecule has 3 rings (SSSR count). The summed E-state index contributed by atoms with van der Waals surface area (Å²) in [5.41, 5.74) is 0. The van der Waals surface area contributed by atoms with E-state index in [0.29, 0.717) is 0 Å². The van der Waals surface area contributed by atoms with Crippen LogP contribution in [0.3, 0.4) is 0 Å². The Hall–Kier alpha value is 0.224. The van der Waals surface area contributed by atoms with E-state index in [1.807, 2.05) is 0 Å². The van der Waals surface area contributed by atoms with Gasteiger partial charge in [0.15, 0.2) is 0 Å². The number of carboxylic acid groups (broad SMARTS) is 3. The zero-order valence-corrected chi connectivity index (χ0v) is 17.8. The van der Waals surface area contributed by atoms with E-state index in [9.17, 15) is 29.7 Å². The normalized spacial score (nSPS) is 25.2. The van der Waals surface area contributed by atoms with Crippen molar-refractivity contribution in [3.63, 3.8) is 0 Å². The summed E-state index contributed by atoms with van der Waals surface area (Å²) in [6.07, 6.45) is 4.85. The summed E-state index contributed by atoms with van der Waals surface area (Å²) < 4.78 is 0. The van der Waals surface area contributed by atoms with Crippen LogP contribution >= 0.6 is 64.8 Å². The number of hydrogen-bond acceptors (Lipinski definition) is 12. The molecule has 25 heavy (non-hydrogen) atoms. The molecule has 3 unspecified atom stereocenters. The molecule has 3 aliphatic rings. The van der Waals surface area contributed by atoms with Crippen LogP contribution in [0.2, 0.25) is 0 Å². The van der Waals surface area contributed by atoms with Crippen LogP contribution in [0, 0.1) is 0 Å². The van der Waals surface area contributed by atoms with Crippen LogP contribution in [0.25, 0.3) is 0 Å². The molecule has 1 radical (unpaired) electrons. The van der Waals surface area contributed by atoms with E-state index in [2.05, 4.69) is 0 Å². The molecule has 0 aromatic carbocycles. The fourth-order valence-corrected chi connectivity index (χ4v) is 6.73. The molecule has 0 bridgehead atoms. The smallest absolute Gasteiger partial charge is 0.549 e. The van der Waals surface area contributed by atoms with Crippen molar-refractivity contribution >= 4 is 82.7 Å². The molecule has 3 aliphatic heterocycles. The topological polar surface area (TPSA) is 120 Å². The molecule has 0 saturated heterocycles. The Kier molecular flexibility index (Phi) is 14.4. The van der Waals surface area contributed by atoms with Gasteiger partial charge in [-0.3, -0.25) is 0 Å². The van der Waals surface area contributed by atoms with Crippen molar-refractivity contribution < 1.29 is 46.2 Å². The summed E-state index contributed by atoms with van der Waals surface area (Å²) in [7, 11) is 8.16. The van der Waals surface area contributed by atoms with Gasteiger partial charge in [0.05, 0.1) is 33.7 Å². The summed E-state index contributed by atoms with van der Waals surface area (Å²) in [6, 6.07) is 0. The van der Waals surface area contributed by atoms with E-state index in [0.717, 1.165) is 0 Å². The Bertz CT molecular complexity index is 478. The molecular formula is C12H9NiO6S6. The molecule has 0 saturated carbocycles. The van der Waals surface area contributed by atoms with Crippen molar-refractivity contribution in [2.45, 2.75) is 15.7 Å². The molecule has 0 fully saturated rings.